The van der Waals surface area contributed by atoms with E-state index in [1.165, 1.54) is 0 Å². The molecule has 0 spiro atoms. The van der Waals surface area contributed by atoms with E-state index in [9.17, 15) is 5.26 Å². The minimum Gasteiger partial charge on any atom is -0.488 e. The predicted molar refractivity (Wildman–Crippen MR) is 80.9 cm³/mol. The van der Waals surface area contributed by atoms with Gasteiger partial charge in [0.2, 0.25) is 0 Å². The lowest BCUT2D eigenvalue weighted by Crippen LogP contribution is -2.29. The molecule has 0 saturated heterocycles. The van der Waals surface area contributed by atoms with Crippen molar-refractivity contribution >= 4 is 22.4 Å². The van der Waals surface area contributed by atoms with Crippen LogP contribution in [-0.4, -0.2) is 6.10 Å². The summed E-state index contributed by atoms with van der Waals surface area (Å²) in [7, 11) is 0. The Labute approximate surface area is 123 Å². The van der Waals surface area contributed by atoms with Crippen LogP contribution >= 0.6 is 11.6 Å². The number of fused-ring (bicyclic) bond motifs is 1. The first kappa shape index (κ1) is 13.3. The van der Waals surface area contributed by atoms with Crippen LogP contribution < -0.4 is 4.74 Å². The van der Waals surface area contributed by atoms with Crippen molar-refractivity contribution in [1.82, 2.24) is 0 Å². The topological polar surface area (TPSA) is 33.0 Å². The van der Waals surface area contributed by atoms with Crippen LogP contribution in [0.25, 0.3) is 10.8 Å². The monoisotopic (exact) mass is 285 g/mol. The maximum Gasteiger partial charge on any atom is 0.127 e. The van der Waals surface area contributed by atoms with E-state index in [0.717, 1.165) is 47.2 Å². The number of ether oxygens (including phenoxy) is 1. The Morgan fingerprint density at radius 2 is 1.80 bits per heavy atom. The summed E-state index contributed by atoms with van der Waals surface area (Å²) < 4.78 is 6.15. The zero-order valence-electron chi connectivity index (χ0n) is 11.2. The van der Waals surface area contributed by atoms with Gasteiger partial charge in [0.1, 0.15) is 11.9 Å². The van der Waals surface area contributed by atoms with Gasteiger partial charge in [-0.1, -0.05) is 42.3 Å². The summed E-state index contributed by atoms with van der Waals surface area (Å²) in [5.41, 5.74) is 0. The number of nitrogens with zero attached hydrogens (tertiary/aromatic N) is 1. The van der Waals surface area contributed by atoms with Crippen LogP contribution in [-0.2, 0) is 0 Å². The molecule has 2 aromatic rings. The Bertz CT molecular complexity index is 662. The van der Waals surface area contributed by atoms with Crippen molar-refractivity contribution in [3.8, 4) is 11.8 Å². The highest BCUT2D eigenvalue weighted by Gasteiger charge is 2.27. The minimum atomic E-state index is -0.00168. The summed E-state index contributed by atoms with van der Waals surface area (Å²) in [6, 6.07) is 14.1. The lowest BCUT2D eigenvalue weighted by molar-refractivity contribution is 0.122. The molecule has 2 unspecified atom stereocenters. The third kappa shape index (κ3) is 2.46. The fourth-order valence-electron chi connectivity index (χ4n) is 2.89. The molecule has 0 bridgehead atoms. The molecular formula is C17H16ClNO. The van der Waals surface area contributed by atoms with E-state index in [0.29, 0.717) is 0 Å². The molecule has 0 amide bonds. The van der Waals surface area contributed by atoms with Gasteiger partial charge in [-0.25, -0.2) is 0 Å². The van der Waals surface area contributed by atoms with E-state index in [1.54, 1.807) is 0 Å². The Morgan fingerprint density at radius 3 is 2.60 bits per heavy atom. The molecule has 1 aliphatic carbocycles. The lowest BCUT2D eigenvalue weighted by atomic mass is 9.87. The Morgan fingerprint density at radius 1 is 1.05 bits per heavy atom. The van der Waals surface area contributed by atoms with Crippen molar-refractivity contribution < 1.29 is 4.74 Å². The van der Waals surface area contributed by atoms with E-state index in [4.69, 9.17) is 16.3 Å². The van der Waals surface area contributed by atoms with Gasteiger partial charge in [0.05, 0.1) is 12.0 Å². The van der Waals surface area contributed by atoms with E-state index in [2.05, 4.69) is 6.07 Å². The maximum atomic E-state index is 9.25. The van der Waals surface area contributed by atoms with Crippen LogP contribution in [0.5, 0.6) is 5.75 Å². The summed E-state index contributed by atoms with van der Waals surface area (Å²) in [6.07, 6.45) is 4.15. The second kappa shape index (κ2) is 5.73. The van der Waals surface area contributed by atoms with Crippen LogP contribution in [0, 0.1) is 17.2 Å². The summed E-state index contributed by atoms with van der Waals surface area (Å²) in [5, 5.41) is 12.0. The second-order valence-electron chi connectivity index (χ2n) is 5.27. The molecule has 1 fully saturated rings. The lowest BCUT2D eigenvalue weighted by Gasteiger charge is -2.28. The van der Waals surface area contributed by atoms with Crippen LogP contribution in [0.15, 0.2) is 36.4 Å². The van der Waals surface area contributed by atoms with Crippen LogP contribution in [0.2, 0.25) is 5.02 Å². The molecule has 0 heterocycles. The van der Waals surface area contributed by atoms with Gasteiger partial charge >= 0.3 is 0 Å². The molecule has 0 aromatic heterocycles. The number of halogens is 1. The summed E-state index contributed by atoms with van der Waals surface area (Å²) in [4.78, 5) is 0. The summed E-state index contributed by atoms with van der Waals surface area (Å²) >= 11 is 6.22. The number of hydrogen-bond acceptors (Lipinski definition) is 2. The molecule has 102 valence electrons. The van der Waals surface area contributed by atoms with Crippen molar-refractivity contribution in [3.63, 3.8) is 0 Å². The average molecular weight is 286 g/mol. The normalized spacial score (nSPS) is 22.4. The Kier molecular flexibility index (Phi) is 3.80. The summed E-state index contributed by atoms with van der Waals surface area (Å²) in [5.74, 6) is 0.829. The van der Waals surface area contributed by atoms with E-state index in [1.807, 2.05) is 36.4 Å². The van der Waals surface area contributed by atoms with Crippen molar-refractivity contribution in [3.05, 3.63) is 41.4 Å². The first-order valence-corrected chi connectivity index (χ1v) is 7.41. The highest BCUT2D eigenvalue weighted by Crippen LogP contribution is 2.34. The smallest absolute Gasteiger partial charge is 0.127 e. The van der Waals surface area contributed by atoms with Gasteiger partial charge in [0.25, 0.3) is 0 Å². The first-order chi connectivity index (χ1) is 9.79. The van der Waals surface area contributed by atoms with Crippen molar-refractivity contribution in [1.29, 1.82) is 5.26 Å². The molecule has 1 saturated carbocycles. The Balaban J connectivity index is 1.95. The van der Waals surface area contributed by atoms with Gasteiger partial charge in [-0.15, -0.1) is 0 Å². The molecule has 0 N–H and O–H groups in total. The number of benzene rings is 2. The van der Waals surface area contributed by atoms with Gasteiger partial charge in [0, 0.05) is 15.8 Å². The highest BCUT2D eigenvalue weighted by molar-refractivity contribution is 6.35. The molecule has 0 radical (unpaired) electrons. The SMILES string of the molecule is N#CC1CCCCC1Oc1ccc(Cl)c2ccccc12. The fourth-order valence-corrected chi connectivity index (χ4v) is 3.11. The third-order valence-electron chi connectivity index (χ3n) is 3.98. The van der Waals surface area contributed by atoms with Crippen molar-refractivity contribution in [2.24, 2.45) is 5.92 Å². The van der Waals surface area contributed by atoms with Gasteiger partial charge < -0.3 is 4.74 Å². The maximum absolute atomic E-state index is 9.25. The summed E-state index contributed by atoms with van der Waals surface area (Å²) in [6.45, 7) is 0. The first-order valence-electron chi connectivity index (χ1n) is 7.03. The largest absolute Gasteiger partial charge is 0.488 e. The van der Waals surface area contributed by atoms with Gasteiger partial charge in [-0.05, 0) is 31.4 Å². The standard InChI is InChI=1S/C17H16ClNO/c18-15-9-10-17(14-7-3-2-6-13(14)15)20-16-8-4-1-5-12(16)11-19/h2-3,6-7,9-10,12,16H,1,4-5,8H2. The minimum absolute atomic E-state index is 0.00154. The average Bonchev–Trinajstić information content (AvgIpc) is 2.51. The molecular weight excluding hydrogens is 270 g/mol. The van der Waals surface area contributed by atoms with Crippen LogP contribution in [0.3, 0.4) is 0 Å². The molecule has 3 rings (SSSR count). The van der Waals surface area contributed by atoms with Crippen molar-refractivity contribution in [2.45, 2.75) is 31.8 Å². The molecule has 3 heteroatoms. The van der Waals surface area contributed by atoms with E-state index < -0.39 is 0 Å². The highest BCUT2D eigenvalue weighted by atomic mass is 35.5. The number of rotatable bonds is 2. The number of nitriles is 1. The van der Waals surface area contributed by atoms with Crippen molar-refractivity contribution in [2.75, 3.05) is 0 Å². The molecule has 2 nitrogen and oxygen atoms in total. The van der Waals surface area contributed by atoms with Gasteiger partial charge in [0.15, 0.2) is 0 Å². The fraction of sp³-hybridized carbons (Fsp3) is 0.353. The molecule has 1 aliphatic rings. The molecule has 2 aromatic carbocycles. The van der Waals surface area contributed by atoms with Gasteiger partial charge in [-0.3, -0.25) is 0 Å². The Hall–Kier alpha value is -1.72. The van der Waals surface area contributed by atoms with E-state index >= 15 is 0 Å². The van der Waals surface area contributed by atoms with Crippen LogP contribution in [0.4, 0.5) is 0 Å². The number of hydrogen-bond donors (Lipinski definition) is 0. The zero-order valence-corrected chi connectivity index (χ0v) is 11.9. The molecule has 0 aliphatic heterocycles. The van der Waals surface area contributed by atoms with Gasteiger partial charge in [-0.2, -0.15) is 5.26 Å². The molecule has 2 atom stereocenters. The third-order valence-corrected chi connectivity index (χ3v) is 4.31. The second-order valence-corrected chi connectivity index (χ2v) is 5.67. The van der Waals surface area contributed by atoms with Crippen LogP contribution in [0.1, 0.15) is 25.7 Å². The molecule has 20 heavy (non-hydrogen) atoms. The zero-order chi connectivity index (χ0) is 13.9. The van der Waals surface area contributed by atoms with E-state index in [-0.39, 0.29) is 12.0 Å². The predicted octanol–water partition coefficient (Wildman–Crippen LogP) is 4.95. The quantitative estimate of drug-likeness (QED) is 0.782.